The highest BCUT2D eigenvalue weighted by molar-refractivity contribution is 8.01. The van der Waals surface area contributed by atoms with Crippen molar-refractivity contribution in [3.63, 3.8) is 0 Å². The molecule has 1 fully saturated rings. The molecule has 126 valence electrons. The van der Waals surface area contributed by atoms with Crippen LogP contribution in [0.3, 0.4) is 0 Å². The number of nitro benzene ring substituents is 1. The van der Waals surface area contributed by atoms with Crippen LogP contribution in [0.15, 0.2) is 22.5 Å². The Balaban J connectivity index is 1.55. The van der Waals surface area contributed by atoms with Crippen LogP contribution in [0, 0.1) is 10.1 Å². The summed E-state index contributed by atoms with van der Waals surface area (Å²) in [5.41, 5.74) is -0.129. The van der Waals surface area contributed by atoms with E-state index in [1.807, 2.05) is 0 Å². The molecular formula is C13H12ClN5O3S2. The van der Waals surface area contributed by atoms with Crippen LogP contribution in [-0.2, 0) is 4.79 Å². The minimum absolute atomic E-state index is 0.0812. The number of thioether (sulfide) groups is 1. The zero-order valence-corrected chi connectivity index (χ0v) is 14.6. The second-order valence-electron chi connectivity index (χ2n) is 5.05. The normalized spacial score (nSPS) is 13.5. The SMILES string of the molecule is O=C(CSc1nnc(NC2CC2)s1)Nc1ccc(Cl)cc1[N+](=O)[O-]. The molecule has 1 amide bonds. The molecule has 0 unspecified atom stereocenters. The van der Waals surface area contributed by atoms with Gasteiger partial charge in [-0.1, -0.05) is 34.7 Å². The molecule has 11 heteroatoms. The van der Waals surface area contributed by atoms with Gasteiger partial charge in [0, 0.05) is 17.1 Å². The molecule has 8 nitrogen and oxygen atoms in total. The van der Waals surface area contributed by atoms with Crippen molar-refractivity contribution in [3.05, 3.63) is 33.3 Å². The zero-order valence-electron chi connectivity index (χ0n) is 12.2. The van der Waals surface area contributed by atoms with Crippen LogP contribution < -0.4 is 10.6 Å². The number of hydrogen-bond acceptors (Lipinski definition) is 8. The molecule has 0 radical (unpaired) electrons. The van der Waals surface area contributed by atoms with Crippen LogP contribution in [-0.4, -0.2) is 32.8 Å². The standard InChI is InChI=1S/C13H12ClN5O3S2/c14-7-1-4-9(10(5-7)19(21)22)16-11(20)6-23-13-18-17-12(24-13)15-8-2-3-8/h1,4-5,8H,2-3,6H2,(H,15,17)(H,16,20). The number of nitrogens with one attached hydrogen (secondary N) is 2. The summed E-state index contributed by atoms with van der Waals surface area (Å²) in [6.07, 6.45) is 2.29. The van der Waals surface area contributed by atoms with E-state index in [0.29, 0.717) is 10.4 Å². The number of nitrogens with zero attached hydrogens (tertiary/aromatic N) is 3. The summed E-state index contributed by atoms with van der Waals surface area (Å²) < 4.78 is 0.666. The van der Waals surface area contributed by atoms with Crippen molar-refractivity contribution in [2.45, 2.75) is 23.2 Å². The van der Waals surface area contributed by atoms with Gasteiger partial charge in [0.25, 0.3) is 5.69 Å². The van der Waals surface area contributed by atoms with E-state index in [2.05, 4.69) is 20.8 Å². The van der Waals surface area contributed by atoms with Crippen LogP contribution in [0.2, 0.25) is 5.02 Å². The molecule has 24 heavy (non-hydrogen) atoms. The molecule has 0 aliphatic heterocycles. The molecule has 0 saturated heterocycles. The van der Waals surface area contributed by atoms with Gasteiger partial charge in [0.05, 0.1) is 10.7 Å². The highest BCUT2D eigenvalue weighted by Crippen LogP contribution is 2.31. The van der Waals surface area contributed by atoms with Gasteiger partial charge in [0.15, 0.2) is 4.34 Å². The van der Waals surface area contributed by atoms with E-state index in [0.717, 1.165) is 18.0 Å². The molecule has 1 heterocycles. The number of carbonyl (C=O) groups is 1. The van der Waals surface area contributed by atoms with E-state index in [9.17, 15) is 14.9 Å². The van der Waals surface area contributed by atoms with Crippen molar-refractivity contribution in [1.29, 1.82) is 0 Å². The van der Waals surface area contributed by atoms with Gasteiger partial charge in [0.1, 0.15) is 5.69 Å². The van der Waals surface area contributed by atoms with Crippen LogP contribution in [0.1, 0.15) is 12.8 Å². The minimum atomic E-state index is -0.588. The van der Waals surface area contributed by atoms with E-state index in [1.165, 1.54) is 41.3 Å². The molecule has 1 aliphatic rings. The number of halogens is 1. The monoisotopic (exact) mass is 385 g/mol. The van der Waals surface area contributed by atoms with Gasteiger partial charge < -0.3 is 10.6 Å². The minimum Gasteiger partial charge on any atom is -0.357 e. The summed E-state index contributed by atoms with van der Waals surface area (Å²) in [5, 5.41) is 25.7. The first-order chi connectivity index (χ1) is 11.5. The third kappa shape index (κ3) is 4.56. The highest BCUT2D eigenvalue weighted by atomic mass is 35.5. The molecule has 0 atom stereocenters. The van der Waals surface area contributed by atoms with E-state index in [1.54, 1.807) is 0 Å². The first-order valence-electron chi connectivity index (χ1n) is 6.98. The van der Waals surface area contributed by atoms with Crippen molar-refractivity contribution in [2.24, 2.45) is 0 Å². The maximum Gasteiger partial charge on any atom is 0.294 e. The van der Waals surface area contributed by atoms with E-state index < -0.39 is 4.92 Å². The molecule has 2 N–H and O–H groups in total. The van der Waals surface area contributed by atoms with Gasteiger partial charge in [-0.05, 0) is 25.0 Å². The maximum absolute atomic E-state index is 12.0. The lowest BCUT2D eigenvalue weighted by atomic mass is 10.2. The van der Waals surface area contributed by atoms with Crippen LogP contribution in [0.25, 0.3) is 0 Å². The number of hydrogen-bond donors (Lipinski definition) is 2. The van der Waals surface area contributed by atoms with Crippen LogP contribution >= 0.6 is 34.7 Å². The van der Waals surface area contributed by atoms with Crippen molar-refractivity contribution in [2.75, 3.05) is 16.4 Å². The number of nitro groups is 1. The second-order valence-corrected chi connectivity index (χ2v) is 7.68. The van der Waals surface area contributed by atoms with Crippen molar-refractivity contribution in [1.82, 2.24) is 10.2 Å². The van der Waals surface area contributed by atoms with Gasteiger partial charge >= 0.3 is 0 Å². The number of amides is 1. The van der Waals surface area contributed by atoms with Gasteiger partial charge in [-0.25, -0.2) is 0 Å². The third-order valence-electron chi connectivity index (χ3n) is 3.07. The molecular weight excluding hydrogens is 374 g/mol. The molecule has 1 aromatic heterocycles. The lowest BCUT2D eigenvalue weighted by molar-refractivity contribution is -0.383. The molecule has 3 rings (SSSR count). The Labute approximate surface area is 150 Å². The maximum atomic E-state index is 12.0. The lowest BCUT2D eigenvalue weighted by Gasteiger charge is -2.05. The number of carbonyl (C=O) groups excluding carboxylic acids is 1. The van der Waals surface area contributed by atoms with Crippen LogP contribution in [0.4, 0.5) is 16.5 Å². The molecule has 1 saturated carbocycles. The summed E-state index contributed by atoms with van der Waals surface area (Å²) in [5.74, 6) is -0.282. The van der Waals surface area contributed by atoms with Crippen LogP contribution in [0.5, 0.6) is 0 Å². The van der Waals surface area contributed by atoms with E-state index in [4.69, 9.17) is 11.6 Å². The fourth-order valence-corrected chi connectivity index (χ4v) is 3.60. The third-order valence-corrected chi connectivity index (χ3v) is 5.29. The Bertz CT molecular complexity index is 781. The fraction of sp³-hybridized carbons (Fsp3) is 0.308. The Morgan fingerprint density at radius 1 is 1.46 bits per heavy atom. The fourth-order valence-electron chi connectivity index (χ4n) is 1.80. The topological polar surface area (TPSA) is 110 Å². The summed E-state index contributed by atoms with van der Waals surface area (Å²) >= 11 is 8.35. The first kappa shape index (κ1) is 16.9. The van der Waals surface area contributed by atoms with Gasteiger partial charge in [-0.2, -0.15) is 0 Å². The van der Waals surface area contributed by atoms with E-state index in [-0.39, 0.29) is 28.1 Å². The first-order valence-corrected chi connectivity index (χ1v) is 9.16. The summed E-state index contributed by atoms with van der Waals surface area (Å²) in [4.78, 5) is 22.4. The second kappa shape index (κ2) is 7.32. The molecule has 1 aromatic carbocycles. The number of benzene rings is 1. The molecule has 1 aliphatic carbocycles. The highest BCUT2D eigenvalue weighted by Gasteiger charge is 2.22. The number of aromatic nitrogens is 2. The largest absolute Gasteiger partial charge is 0.357 e. The lowest BCUT2D eigenvalue weighted by Crippen LogP contribution is -2.15. The van der Waals surface area contributed by atoms with Gasteiger partial charge in [-0.15, -0.1) is 10.2 Å². The summed E-state index contributed by atoms with van der Waals surface area (Å²) in [6.45, 7) is 0. The van der Waals surface area contributed by atoms with Gasteiger partial charge in [-0.3, -0.25) is 14.9 Å². The number of anilines is 2. The molecule has 2 aromatic rings. The van der Waals surface area contributed by atoms with Gasteiger partial charge in [0.2, 0.25) is 11.0 Å². The number of rotatable bonds is 7. The predicted molar refractivity (Wildman–Crippen MR) is 94.0 cm³/mol. The summed E-state index contributed by atoms with van der Waals surface area (Å²) in [6, 6.07) is 4.58. The van der Waals surface area contributed by atoms with E-state index >= 15 is 0 Å². The Morgan fingerprint density at radius 2 is 2.25 bits per heavy atom. The Morgan fingerprint density at radius 3 is 2.96 bits per heavy atom. The molecule has 0 spiro atoms. The Hall–Kier alpha value is -1.91. The zero-order chi connectivity index (χ0) is 17.1. The van der Waals surface area contributed by atoms with Crippen molar-refractivity contribution < 1.29 is 9.72 Å². The quantitative estimate of drug-likeness (QED) is 0.427. The summed E-state index contributed by atoms with van der Waals surface area (Å²) in [7, 11) is 0. The average Bonchev–Trinajstić information content (AvgIpc) is 3.23. The van der Waals surface area contributed by atoms with Crippen molar-refractivity contribution in [3.8, 4) is 0 Å². The Kier molecular flexibility index (Phi) is 5.17. The smallest absolute Gasteiger partial charge is 0.294 e. The average molecular weight is 386 g/mol. The van der Waals surface area contributed by atoms with Crippen molar-refractivity contribution >= 4 is 57.1 Å². The predicted octanol–water partition coefficient (Wildman–Crippen LogP) is 3.40. The molecule has 0 bridgehead atoms.